The highest BCUT2D eigenvalue weighted by Crippen LogP contribution is 2.28. The SMILES string of the molecule is Cn1cc(C(=O)O)c(-c2cccc3[nH]ncc23)n1. The Hall–Kier alpha value is -2.63. The van der Waals surface area contributed by atoms with Gasteiger partial charge < -0.3 is 5.11 Å². The maximum atomic E-state index is 11.2. The van der Waals surface area contributed by atoms with Crippen LogP contribution in [0, 0.1) is 0 Å². The van der Waals surface area contributed by atoms with Crippen LogP contribution in [0.15, 0.2) is 30.6 Å². The molecule has 0 aliphatic carbocycles. The maximum Gasteiger partial charge on any atom is 0.339 e. The van der Waals surface area contributed by atoms with Crippen LogP contribution in [0.25, 0.3) is 22.2 Å². The molecule has 3 rings (SSSR count). The van der Waals surface area contributed by atoms with Crippen molar-refractivity contribution in [3.8, 4) is 11.3 Å². The molecule has 6 heteroatoms. The molecule has 0 aliphatic heterocycles. The van der Waals surface area contributed by atoms with E-state index in [1.807, 2.05) is 18.2 Å². The number of rotatable bonds is 2. The van der Waals surface area contributed by atoms with Crippen LogP contribution in [-0.4, -0.2) is 31.1 Å². The summed E-state index contributed by atoms with van der Waals surface area (Å²) in [4.78, 5) is 11.2. The van der Waals surface area contributed by atoms with E-state index in [1.165, 1.54) is 10.9 Å². The second-order valence-corrected chi connectivity index (χ2v) is 4.01. The number of aromatic nitrogens is 4. The number of carbonyl (C=O) groups is 1. The zero-order valence-electron chi connectivity index (χ0n) is 9.58. The summed E-state index contributed by atoms with van der Waals surface area (Å²) in [5.74, 6) is -0.987. The first-order valence-electron chi connectivity index (χ1n) is 5.36. The van der Waals surface area contributed by atoms with Crippen molar-refractivity contribution >= 4 is 16.9 Å². The fraction of sp³-hybridized carbons (Fsp3) is 0.0833. The van der Waals surface area contributed by atoms with Gasteiger partial charge in [0.1, 0.15) is 11.3 Å². The van der Waals surface area contributed by atoms with Crippen LogP contribution in [0.1, 0.15) is 10.4 Å². The van der Waals surface area contributed by atoms with Gasteiger partial charge in [0.25, 0.3) is 0 Å². The lowest BCUT2D eigenvalue weighted by atomic mass is 10.0. The molecule has 3 aromatic rings. The van der Waals surface area contributed by atoms with Crippen molar-refractivity contribution in [1.29, 1.82) is 0 Å². The first kappa shape index (κ1) is 10.5. The van der Waals surface area contributed by atoms with Crippen LogP contribution in [0.5, 0.6) is 0 Å². The Kier molecular flexibility index (Phi) is 2.16. The highest BCUT2D eigenvalue weighted by molar-refractivity contribution is 6.01. The minimum absolute atomic E-state index is 0.186. The quantitative estimate of drug-likeness (QED) is 0.715. The Morgan fingerprint density at radius 2 is 2.28 bits per heavy atom. The number of carboxylic acid groups (broad SMARTS) is 1. The summed E-state index contributed by atoms with van der Waals surface area (Å²) in [7, 11) is 1.70. The minimum atomic E-state index is -0.987. The summed E-state index contributed by atoms with van der Waals surface area (Å²) in [6, 6.07) is 5.57. The first-order chi connectivity index (χ1) is 8.66. The molecule has 0 bridgehead atoms. The second kappa shape index (κ2) is 3.69. The molecule has 2 aromatic heterocycles. The van der Waals surface area contributed by atoms with Gasteiger partial charge in [-0.25, -0.2) is 4.79 Å². The standard InChI is InChI=1S/C12H10N4O2/c1-16-6-9(12(17)18)11(15-16)7-3-2-4-10-8(7)5-13-14-10/h2-6H,1H3,(H,13,14)(H,17,18). The monoisotopic (exact) mass is 242 g/mol. The molecule has 0 atom stereocenters. The van der Waals surface area contributed by atoms with Crippen molar-refractivity contribution < 1.29 is 9.90 Å². The number of hydrogen-bond acceptors (Lipinski definition) is 3. The van der Waals surface area contributed by atoms with Gasteiger partial charge in [0.05, 0.1) is 11.7 Å². The third-order valence-electron chi connectivity index (χ3n) is 2.80. The Labute approximate surface area is 102 Å². The van der Waals surface area contributed by atoms with Crippen molar-refractivity contribution in [2.24, 2.45) is 7.05 Å². The fourth-order valence-electron chi connectivity index (χ4n) is 2.02. The van der Waals surface area contributed by atoms with E-state index < -0.39 is 5.97 Å². The predicted octanol–water partition coefficient (Wildman–Crippen LogP) is 1.66. The lowest BCUT2D eigenvalue weighted by molar-refractivity contribution is 0.0697. The Bertz CT molecular complexity index is 741. The number of aromatic carboxylic acids is 1. The largest absolute Gasteiger partial charge is 0.478 e. The summed E-state index contributed by atoms with van der Waals surface area (Å²) in [6.07, 6.45) is 3.17. The van der Waals surface area contributed by atoms with Gasteiger partial charge in [-0.1, -0.05) is 12.1 Å². The van der Waals surface area contributed by atoms with E-state index >= 15 is 0 Å². The number of aryl methyl sites for hydroxylation is 1. The highest BCUT2D eigenvalue weighted by atomic mass is 16.4. The lowest BCUT2D eigenvalue weighted by Crippen LogP contribution is -1.96. The molecule has 0 aliphatic rings. The molecule has 1 aromatic carbocycles. The van der Waals surface area contributed by atoms with Crippen molar-refractivity contribution in [2.45, 2.75) is 0 Å². The van der Waals surface area contributed by atoms with Gasteiger partial charge in [0.15, 0.2) is 0 Å². The first-order valence-corrected chi connectivity index (χ1v) is 5.36. The number of nitrogens with one attached hydrogen (secondary N) is 1. The van der Waals surface area contributed by atoms with Crippen LogP contribution < -0.4 is 0 Å². The molecule has 2 N–H and O–H groups in total. The summed E-state index contributed by atoms with van der Waals surface area (Å²) >= 11 is 0. The number of hydrogen-bond donors (Lipinski definition) is 2. The molecule has 0 amide bonds. The second-order valence-electron chi connectivity index (χ2n) is 4.01. The molecular weight excluding hydrogens is 232 g/mol. The van der Waals surface area contributed by atoms with Crippen LogP contribution in [0.3, 0.4) is 0 Å². The summed E-state index contributed by atoms with van der Waals surface area (Å²) in [6.45, 7) is 0. The van der Waals surface area contributed by atoms with Gasteiger partial charge in [-0.2, -0.15) is 10.2 Å². The molecular formula is C12H10N4O2. The highest BCUT2D eigenvalue weighted by Gasteiger charge is 2.18. The van der Waals surface area contributed by atoms with E-state index in [4.69, 9.17) is 0 Å². The van der Waals surface area contributed by atoms with Crippen molar-refractivity contribution in [1.82, 2.24) is 20.0 Å². The van der Waals surface area contributed by atoms with Crippen LogP contribution in [0.4, 0.5) is 0 Å². The molecule has 0 radical (unpaired) electrons. The minimum Gasteiger partial charge on any atom is -0.478 e. The number of fused-ring (bicyclic) bond motifs is 1. The number of aromatic amines is 1. The molecule has 90 valence electrons. The number of H-pyrrole nitrogens is 1. The van der Waals surface area contributed by atoms with Gasteiger partial charge in [-0.3, -0.25) is 9.78 Å². The normalized spacial score (nSPS) is 10.9. The van der Waals surface area contributed by atoms with Gasteiger partial charge >= 0.3 is 5.97 Å². The van der Waals surface area contributed by atoms with Crippen LogP contribution in [0.2, 0.25) is 0 Å². The third-order valence-corrected chi connectivity index (χ3v) is 2.80. The average Bonchev–Trinajstić information content (AvgIpc) is 2.94. The van der Waals surface area contributed by atoms with Crippen molar-refractivity contribution in [3.05, 3.63) is 36.2 Å². The topological polar surface area (TPSA) is 83.8 Å². The number of benzene rings is 1. The molecule has 2 heterocycles. The summed E-state index contributed by atoms with van der Waals surface area (Å²) in [5, 5.41) is 21.1. The molecule has 0 spiro atoms. The zero-order chi connectivity index (χ0) is 12.7. The third kappa shape index (κ3) is 1.46. The summed E-state index contributed by atoms with van der Waals surface area (Å²) < 4.78 is 1.50. The number of nitrogens with zero attached hydrogens (tertiary/aromatic N) is 3. The molecule has 18 heavy (non-hydrogen) atoms. The van der Waals surface area contributed by atoms with E-state index in [0.29, 0.717) is 5.69 Å². The van der Waals surface area contributed by atoms with E-state index in [9.17, 15) is 9.90 Å². The Morgan fingerprint density at radius 1 is 1.44 bits per heavy atom. The summed E-state index contributed by atoms with van der Waals surface area (Å²) in [5.41, 5.74) is 2.26. The average molecular weight is 242 g/mol. The van der Waals surface area contributed by atoms with Crippen LogP contribution >= 0.6 is 0 Å². The number of carboxylic acids is 1. The Morgan fingerprint density at radius 3 is 3.06 bits per heavy atom. The van der Waals surface area contributed by atoms with Gasteiger partial charge in [0, 0.05) is 24.2 Å². The Balaban J connectivity index is 2.32. The molecule has 0 unspecified atom stereocenters. The maximum absolute atomic E-state index is 11.2. The lowest BCUT2D eigenvalue weighted by Gasteiger charge is -2.00. The van der Waals surface area contributed by atoms with Gasteiger partial charge in [-0.05, 0) is 6.07 Å². The van der Waals surface area contributed by atoms with E-state index in [1.54, 1.807) is 13.2 Å². The van der Waals surface area contributed by atoms with Crippen molar-refractivity contribution in [3.63, 3.8) is 0 Å². The fourth-order valence-corrected chi connectivity index (χ4v) is 2.02. The molecule has 0 saturated heterocycles. The van der Waals surface area contributed by atoms with Gasteiger partial charge in [-0.15, -0.1) is 0 Å². The molecule has 0 saturated carbocycles. The van der Waals surface area contributed by atoms with E-state index in [-0.39, 0.29) is 5.56 Å². The van der Waals surface area contributed by atoms with E-state index in [2.05, 4.69) is 15.3 Å². The van der Waals surface area contributed by atoms with E-state index in [0.717, 1.165) is 16.5 Å². The van der Waals surface area contributed by atoms with Crippen LogP contribution in [-0.2, 0) is 7.05 Å². The predicted molar refractivity (Wildman–Crippen MR) is 65.3 cm³/mol. The van der Waals surface area contributed by atoms with Gasteiger partial charge in [0.2, 0.25) is 0 Å². The zero-order valence-corrected chi connectivity index (χ0v) is 9.58. The van der Waals surface area contributed by atoms with Crippen molar-refractivity contribution in [2.75, 3.05) is 0 Å². The molecule has 0 fully saturated rings. The smallest absolute Gasteiger partial charge is 0.339 e. The molecule has 6 nitrogen and oxygen atoms in total.